The van der Waals surface area contributed by atoms with E-state index >= 15 is 0 Å². The van der Waals surface area contributed by atoms with Gasteiger partial charge in [0.15, 0.2) is 0 Å². The summed E-state index contributed by atoms with van der Waals surface area (Å²) in [5.74, 6) is -0.232. The molecule has 6 nitrogen and oxygen atoms in total. The zero-order valence-corrected chi connectivity index (χ0v) is 14.6. The minimum absolute atomic E-state index is 0.0913. The SMILES string of the molecule is NCCOP(=O)(Cl)OCCCCCC(=O)OCc1ccccc1. The molecule has 0 amide bonds. The summed E-state index contributed by atoms with van der Waals surface area (Å²) >= 11 is 5.56. The van der Waals surface area contributed by atoms with Crippen LogP contribution < -0.4 is 5.73 Å². The van der Waals surface area contributed by atoms with Crippen LogP contribution in [-0.4, -0.2) is 25.7 Å². The summed E-state index contributed by atoms with van der Waals surface area (Å²) in [4.78, 5) is 11.6. The molecule has 0 bridgehead atoms. The summed E-state index contributed by atoms with van der Waals surface area (Å²) in [6, 6.07) is 9.52. The number of rotatable bonds is 12. The lowest BCUT2D eigenvalue weighted by atomic mass is 10.2. The van der Waals surface area contributed by atoms with E-state index < -0.39 is 6.95 Å². The Hall–Kier alpha value is -0.910. The first-order valence-electron chi connectivity index (χ1n) is 7.52. The van der Waals surface area contributed by atoms with Gasteiger partial charge in [-0.25, -0.2) is 4.57 Å². The van der Waals surface area contributed by atoms with Crippen LogP contribution in [0.3, 0.4) is 0 Å². The van der Waals surface area contributed by atoms with E-state index in [9.17, 15) is 9.36 Å². The van der Waals surface area contributed by atoms with Crippen LogP contribution >= 0.6 is 18.2 Å². The molecule has 0 aliphatic carbocycles. The summed E-state index contributed by atoms with van der Waals surface area (Å²) in [7, 11) is 0. The Bertz CT molecular complexity index is 500. The van der Waals surface area contributed by atoms with Crippen molar-refractivity contribution in [3.63, 3.8) is 0 Å². The topological polar surface area (TPSA) is 87.9 Å². The lowest BCUT2D eigenvalue weighted by Crippen LogP contribution is -2.07. The van der Waals surface area contributed by atoms with Gasteiger partial charge < -0.3 is 10.5 Å². The predicted octanol–water partition coefficient (Wildman–Crippen LogP) is 3.63. The van der Waals surface area contributed by atoms with Crippen molar-refractivity contribution >= 4 is 24.2 Å². The van der Waals surface area contributed by atoms with E-state index in [0.29, 0.717) is 19.3 Å². The van der Waals surface area contributed by atoms with Crippen molar-refractivity contribution in [1.29, 1.82) is 0 Å². The standard InChI is InChI=1S/C15H23ClNO5P/c16-23(19,22-12-10-17)21-11-6-2-5-9-15(18)20-13-14-7-3-1-4-8-14/h1,3-4,7-8H,2,5-6,9-13,17H2. The van der Waals surface area contributed by atoms with Gasteiger partial charge in [0.2, 0.25) is 0 Å². The molecule has 0 aliphatic rings. The first-order valence-corrected chi connectivity index (χ1v) is 9.96. The van der Waals surface area contributed by atoms with Crippen molar-refractivity contribution in [2.75, 3.05) is 19.8 Å². The molecule has 0 heterocycles. The van der Waals surface area contributed by atoms with Crippen LogP contribution in [0, 0.1) is 0 Å². The van der Waals surface area contributed by atoms with Crippen molar-refractivity contribution in [2.24, 2.45) is 5.73 Å². The van der Waals surface area contributed by atoms with Gasteiger partial charge in [-0.05, 0) is 18.4 Å². The van der Waals surface area contributed by atoms with Gasteiger partial charge >= 0.3 is 12.9 Å². The number of benzene rings is 1. The Morgan fingerprint density at radius 1 is 1.09 bits per heavy atom. The molecular formula is C15H23ClNO5P. The van der Waals surface area contributed by atoms with Crippen LogP contribution in [0.25, 0.3) is 0 Å². The second-order valence-corrected chi connectivity index (χ2v) is 7.46. The largest absolute Gasteiger partial charge is 0.461 e. The smallest absolute Gasteiger partial charge is 0.424 e. The Labute approximate surface area is 141 Å². The Balaban J connectivity index is 2.02. The third kappa shape index (κ3) is 10.5. The number of ether oxygens (including phenoxy) is 1. The molecule has 0 saturated carbocycles. The molecule has 0 aromatic heterocycles. The highest BCUT2D eigenvalue weighted by molar-refractivity contribution is 7.81. The lowest BCUT2D eigenvalue weighted by Gasteiger charge is -2.10. The molecule has 0 spiro atoms. The van der Waals surface area contributed by atoms with Gasteiger partial charge in [-0.15, -0.1) is 0 Å². The van der Waals surface area contributed by atoms with Crippen molar-refractivity contribution in [3.8, 4) is 0 Å². The van der Waals surface area contributed by atoms with Crippen LogP contribution in [0.2, 0.25) is 0 Å². The van der Waals surface area contributed by atoms with Gasteiger partial charge in [0.25, 0.3) is 0 Å². The highest BCUT2D eigenvalue weighted by atomic mass is 35.7. The van der Waals surface area contributed by atoms with Gasteiger partial charge in [0.1, 0.15) is 6.61 Å². The summed E-state index contributed by atoms with van der Waals surface area (Å²) < 4.78 is 26.5. The van der Waals surface area contributed by atoms with Crippen molar-refractivity contribution < 1.29 is 23.1 Å². The van der Waals surface area contributed by atoms with E-state index in [0.717, 1.165) is 12.0 Å². The number of unbranched alkanes of at least 4 members (excludes halogenated alkanes) is 2. The van der Waals surface area contributed by atoms with Crippen LogP contribution in [0.1, 0.15) is 31.2 Å². The number of hydrogen-bond donors (Lipinski definition) is 1. The van der Waals surface area contributed by atoms with Gasteiger partial charge in [-0.1, -0.05) is 36.8 Å². The maximum absolute atomic E-state index is 11.6. The molecule has 0 aliphatic heterocycles. The number of carbonyl (C=O) groups excluding carboxylic acids is 1. The molecule has 2 N–H and O–H groups in total. The quantitative estimate of drug-likeness (QED) is 0.346. The minimum Gasteiger partial charge on any atom is -0.461 e. The highest BCUT2D eigenvalue weighted by Gasteiger charge is 2.19. The molecule has 0 saturated heterocycles. The summed E-state index contributed by atoms with van der Waals surface area (Å²) in [6.07, 6.45) is 2.39. The molecule has 8 heteroatoms. The highest BCUT2D eigenvalue weighted by Crippen LogP contribution is 2.53. The molecule has 130 valence electrons. The first kappa shape index (κ1) is 20.1. The number of hydrogen-bond acceptors (Lipinski definition) is 6. The van der Waals surface area contributed by atoms with Crippen LogP contribution in [0.4, 0.5) is 0 Å². The molecule has 1 aromatic rings. The zero-order chi connectivity index (χ0) is 17.0. The first-order chi connectivity index (χ1) is 11.0. The van der Waals surface area contributed by atoms with Crippen molar-refractivity contribution in [1.82, 2.24) is 0 Å². The van der Waals surface area contributed by atoms with Gasteiger partial charge in [-0.2, -0.15) is 0 Å². The normalized spacial score (nSPS) is 13.5. The molecule has 23 heavy (non-hydrogen) atoms. The average molecular weight is 364 g/mol. The summed E-state index contributed by atoms with van der Waals surface area (Å²) in [5.41, 5.74) is 6.18. The molecule has 0 radical (unpaired) electrons. The van der Waals surface area contributed by atoms with Gasteiger partial charge in [0, 0.05) is 24.2 Å². The summed E-state index contributed by atoms with van der Waals surface area (Å²) in [5, 5.41) is 0. The molecule has 1 aromatic carbocycles. The van der Waals surface area contributed by atoms with E-state index in [-0.39, 0.29) is 32.3 Å². The Morgan fingerprint density at radius 2 is 1.78 bits per heavy atom. The van der Waals surface area contributed by atoms with Gasteiger partial charge in [-0.3, -0.25) is 13.8 Å². The van der Waals surface area contributed by atoms with E-state index in [1.165, 1.54) is 0 Å². The fraction of sp³-hybridized carbons (Fsp3) is 0.533. The third-order valence-corrected chi connectivity index (χ3v) is 4.44. The van der Waals surface area contributed by atoms with E-state index in [1.807, 2.05) is 30.3 Å². The minimum atomic E-state index is -3.52. The van der Waals surface area contributed by atoms with Crippen LogP contribution in [0.15, 0.2) is 30.3 Å². The Kier molecular flexibility index (Phi) is 10.2. The van der Waals surface area contributed by atoms with Crippen LogP contribution in [0.5, 0.6) is 0 Å². The second-order valence-electron chi connectivity index (χ2n) is 4.84. The average Bonchev–Trinajstić information content (AvgIpc) is 2.55. The fourth-order valence-electron chi connectivity index (χ4n) is 1.73. The maximum Gasteiger partial charge on any atom is 0.424 e. The van der Waals surface area contributed by atoms with Crippen molar-refractivity contribution in [2.45, 2.75) is 32.3 Å². The van der Waals surface area contributed by atoms with Crippen molar-refractivity contribution in [3.05, 3.63) is 35.9 Å². The fourth-order valence-corrected chi connectivity index (χ4v) is 2.89. The lowest BCUT2D eigenvalue weighted by molar-refractivity contribution is -0.145. The predicted molar refractivity (Wildman–Crippen MR) is 89.1 cm³/mol. The number of carbonyl (C=O) groups is 1. The number of nitrogens with two attached hydrogens (primary N) is 1. The Morgan fingerprint density at radius 3 is 2.48 bits per heavy atom. The molecular weight excluding hydrogens is 341 g/mol. The zero-order valence-electron chi connectivity index (χ0n) is 13.0. The second kappa shape index (κ2) is 11.6. The molecule has 1 rings (SSSR count). The monoisotopic (exact) mass is 363 g/mol. The maximum atomic E-state index is 11.6. The number of esters is 1. The molecule has 0 fully saturated rings. The number of halogens is 1. The summed E-state index contributed by atoms with van der Waals surface area (Å²) in [6.45, 7) is -2.70. The van der Waals surface area contributed by atoms with Gasteiger partial charge in [0.05, 0.1) is 13.2 Å². The van der Waals surface area contributed by atoms with E-state index in [2.05, 4.69) is 0 Å². The van der Waals surface area contributed by atoms with E-state index in [1.54, 1.807) is 0 Å². The van der Waals surface area contributed by atoms with E-state index in [4.69, 9.17) is 30.8 Å². The molecule has 1 unspecified atom stereocenters. The molecule has 1 atom stereocenters. The third-order valence-electron chi connectivity index (χ3n) is 2.88. The van der Waals surface area contributed by atoms with Crippen LogP contribution in [-0.2, 0) is 29.8 Å².